The number of ether oxygens (including phenoxy) is 2. The Morgan fingerprint density at radius 2 is 0.964 bits per heavy atom. The highest BCUT2D eigenvalue weighted by atomic mass is 31.2. The van der Waals surface area contributed by atoms with Gasteiger partial charge in [0.25, 0.3) is 0 Å². The highest BCUT2D eigenvalue weighted by Crippen LogP contribution is 2.47. The van der Waals surface area contributed by atoms with E-state index in [2.05, 4.69) is 31.2 Å². The van der Waals surface area contributed by atoms with Gasteiger partial charge in [-0.15, -0.1) is 0 Å². The molecule has 13 nitrogen and oxygen atoms in total. The standard InChI is InChI=1S/C42H77O13P/c1-3-5-7-9-10-11-12-13-14-15-16-17-18-19-20-21-22-23-24-25-26-27-29-31-36(44)54-34(32-52-35(43)30-28-8-6-4-2)33-53-56(50,51)55-42-40(48)38(46)37(45)39(47)41(42)49/h12-13,15-16,34,37-42,45-49H,3-11,14,17-33H2,1-2H3,(H,50,51)/b13-12-,16-15-. The van der Waals surface area contributed by atoms with Crippen molar-refractivity contribution in [3.63, 3.8) is 0 Å². The van der Waals surface area contributed by atoms with Gasteiger partial charge in [-0.2, -0.15) is 0 Å². The van der Waals surface area contributed by atoms with Crippen LogP contribution in [0.4, 0.5) is 0 Å². The number of hydrogen-bond acceptors (Lipinski definition) is 12. The molecule has 1 rings (SSSR count). The summed E-state index contributed by atoms with van der Waals surface area (Å²) in [5.74, 6) is -1.12. The molecule has 0 bridgehead atoms. The number of carbonyl (C=O) groups excluding carboxylic acids is 2. The fourth-order valence-corrected chi connectivity index (χ4v) is 7.47. The van der Waals surface area contributed by atoms with Gasteiger partial charge in [-0.1, -0.05) is 141 Å². The number of carbonyl (C=O) groups is 2. The van der Waals surface area contributed by atoms with Crippen LogP contribution in [0.3, 0.4) is 0 Å². The number of unbranched alkanes of at least 4 members (excludes halogenated alkanes) is 19. The molecule has 14 heteroatoms. The lowest BCUT2D eigenvalue weighted by atomic mass is 9.85. The molecule has 0 spiro atoms. The number of phosphoric acid groups is 1. The molecular weight excluding hydrogens is 743 g/mol. The van der Waals surface area contributed by atoms with Crippen molar-refractivity contribution >= 4 is 19.8 Å². The van der Waals surface area contributed by atoms with Crippen LogP contribution in [0.5, 0.6) is 0 Å². The molecule has 56 heavy (non-hydrogen) atoms. The maximum absolute atomic E-state index is 12.7. The summed E-state index contributed by atoms with van der Waals surface area (Å²) in [5.41, 5.74) is 0. The largest absolute Gasteiger partial charge is 0.472 e. The molecule has 0 aromatic rings. The summed E-state index contributed by atoms with van der Waals surface area (Å²) < 4.78 is 33.2. The first kappa shape index (κ1) is 52.3. The fourth-order valence-electron chi connectivity index (χ4n) is 6.49. The highest BCUT2D eigenvalue weighted by molar-refractivity contribution is 7.47. The number of hydrogen-bond donors (Lipinski definition) is 6. The SMILES string of the molecule is CCCCCCC/C=C\C/C=C\CCCCCCCCCCCCCC(=O)OC(COC(=O)CCCCCC)COP(=O)(O)OC1C(O)C(O)C(O)C(O)C1O. The summed E-state index contributed by atoms with van der Waals surface area (Å²) in [6.07, 6.45) is 21.9. The van der Waals surface area contributed by atoms with Crippen molar-refractivity contribution in [3.05, 3.63) is 24.3 Å². The van der Waals surface area contributed by atoms with Gasteiger partial charge in [0.05, 0.1) is 6.61 Å². The zero-order valence-electron chi connectivity index (χ0n) is 34.4. The summed E-state index contributed by atoms with van der Waals surface area (Å²) in [6, 6.07) is 0. The molecule has 1 saturated carbocycles. The summed E-state index contributed by atoms with van der Waals surface area (Å²) in [5, 5.41) is 49.8. The van der Waals surface area contributed by atoms with Crippen LogP contribution in [-0.4, -0.2) is 98.3 Å². The molecule has 0 aromatic heterocycles. The third kappa shape index (κ3) is 25.6. The van der Waals surface area contributed by atoms with E-state index in [-0.39, 0.29) is 12.8 Å². The molecular formula is C42H77O13P. The average Bonchev–Trinajstić information content (AvgIpc) is 3.18. The third-order valence-electron chi connectivity index (χ3n) is 10.0. The number of phosphoric ester groups is 1. The molecule has 0 saturated heterocycles. The van der Waals surface area contributed by atoms with Crippen molar-refractivity contribution in [2.75, 3.05) is 13.2 Å². The zero-order chi connectivity index (χ0) is 41.4. The van der Waals surface area contributed by atoms with Crippen molar-refractivity contribution < 1.29 is 63.1 Å². The topological polar surface area (TPSA) is 210 Å². The highest BCUT2D eigenvalue weighted by Gasteiger charge is 2.51. The van der Waals surface area contributed by atoms with Gasteiger partial charge in [-0.05, 0) is 44.9 Å². The monoisotopic (exact) mass is 821 g/mol. The zero-order valence-corrected chi connectivity index (χ0v) is 35.3. The Labute approximate surface area is 336 Å². The number of rotatable bonds is 35. The number of allylic oxidation sites excluding steroid dienone is 4. The molecule has 6 atom stereocenters. The van der Waals surface area contributed by atoms with Gasteiger partial charge >= 0.3 is 19.8 Å². The molecule has 0 radical (unpaired) electrons. The lowest BCUT2D eigenvalue weighted by Crippen LogP contribution is -2.64. The Hall–Kier alpha value is -1.67. The summed E-state index contributed by atoms with van der Waals surface area (Å²) in [6.45, 7) is 3.12. The van der Waals surface area contributed by atoms with E-state index in [4.69, 9.17) is 18.5 Å². The van der Waals surface area contributed by atoms with E-state index in [1.54, 1.807) is 0 Å². The van der Waals surface area contributed by atoms with E-state index in [0.717, 1.165) is 57.8 Å². The van der Waals surface area contributed by atoms with E-state index in [0.29, 0.717) is 12.8 Å². The Bertz CT molecular complexity index is 1090. The van der Waals surface area contributed by atoms with E-state index < -0.39 is 75.7 Å². The molecule has 6 unspecified atom stereocenters. The van der Waals surface area contributed by atoms with Crippen LogP contribution in [0.25, 0.3) is 0 Å². The van der Waals surface area contributed by atoms with Crippen LogP contribution in [0.15, 0.2) is 24.3 Å². The normalized spacial score (nSPS) is 23.1. The summed E-state index contributed by atoms with van der Waals surface area (Å²) >= 11 is 0. The first-order valence-corrected chi connectivity index (χ1v) is 23.1. The molecule has 0 aromatic carbocycles. The van der Waals surface area contributed by atoms with Crippen molar-refractivity contribution in [1.29, 1.82) is 0 Å². The Morgan fingerprint density at radius 1 is 0.554 bits per heavy atom. The van der Waals surface area contributed by atoms with Crippen LogP contribution in [-0.2, 0) is 32.7 Å². The lowest BCUT2D eigenvalue weighted by molar-refractivity contribution is -0.220. The van der Waals surface area contributed by atoms with E-state index in [1.165, 1.54) is 77.0 Å². The maximum Gasteiger partial charge on any atom is 0.472 e. The molecule has 6 N–H and O–H groups in total. The van der Waals surface area contributed by atoms with Crippen LogP contribution in [0, 0.1) is 0 Å². The van der Waals surface area contributed by atoms with Crippen LogP contribution >= 0.6 is 7.82 Å². The number of aliphatic hydroxyl groups excluding tert-OH is 5. The molecule has 0 aliphatic heterocycles. The molecule has 0 heterocycles. The van der Waals surface area contributed by atoms with Gasteiger partial charge in [0.15, 0.2) is 6.10 Å². The van der Waals surface area contributed by atoms with Crippen LogP contribution < -0.4 is 0 Å². The summed E-state index contributed by atoms with van der Waals surface area (Å²) in [7, 11) is -5.10. The second-order valence-corrected chi connectivity index (χ2v) is 16.6. The minimum absolute atomic E-state index is 0.0956. The maximum atomic E-state index is 12.7. The molecule has 1 aliphatic carbocycles. The first-order chi connectivity index (χ1) is 26.9. The Morgan fingerprint density at radius 3 is 1.46 bits per heavy atom. The van der Waals surface area contributed by atoms with Crippen molar-refractivity contribution in [2.24, 2.45) is 0 Å². The minimum atomic E-state index is -5.10. The van der Waals surface area contributed by atoms with Crippen molar-refractivity contribution in [2.45, 2.75) is 217 Å². The number of aliphatic hydroxyl groups is 5. The molecule has 328 valence electrons. The smallest absolute Gasteiger partial charge is 0.462 e. The first-order valence-electron chi connectivity index (χ1n) is 21.6. The molecule has 0 amide bonds. The van der Waals surface area contributed by atoms with Gasteiger partial charge in [0.1, 0.15) is 43.2 Å². The van der Waals surface area contributed by atoms with Gasteiger partial charge < -0.3 is 39.9 Å². The van der Waals surface area contributed by atoms with Crippen LogP contribution in [0.2, 0.25) is 0 Å². The Kier molecular flexibility index (Phi) is 31.0. The Balaban J connectivity index is 2.29. The quantitative estimate of drug-likeness (QED) is 0.0157. The van der Waals surface area contributed by atoms with E-state index >= 15 is 0 Å². The second kappa shape index (κ2) is 33.2. The third-order valence-corrected chi connectivity index (χ3v) is 11.0. The second-order valence-electron chi connectivity index (χ2n) is 15.2. The van der Waals surface area contributed by atoms with Crippen molar-refractivity contribution in [1.82, 2.24) is 0 Å². The summed E-state index contributed by atoms with van der Waals surface area (Å²) in [4.78, 5) is 35.2. The lowest BCUT2D eigenvalue weighted by Gasteiger charge is -2.41. The van der Waals surface area contributed by atoms with E-state index in [9.17, 15) is 44.6 Å². The van der Waals surface area contributed by atoms with Gasteiger partial charge in [-0.3, -0.25) is 18.6 Å². The number of esters is 2. The molecule has 1 fully saturated rings. The van der Waals surface area contributed by atoms with E-state index in [1.807, 2.05) is 6.92 Å². The van der Waals surface area contributed by atoms with Gasteiger partial charge in [-0.25, -0.2) is 4.57 Å². The van der Waals surface area contributed by atoms with Crippen molar-refractivity contribution in [3.8, 4) is 0 Å². The van der Waals surface area contributed by atoms with Crippen LogP contribution in [0.1, 0.15) is 174 Å². The minimum Gasteiger partial charge on any atom is -0.462 e. The predicted molar refractivity (Wildman–Crippen MR) is 217 cm³/mol. The average molecular weight is 821 g/mol. The molecule has 1 aliphatic rings. The van der Waals surface area contributed by atoms with Gasteiger partial charge in [0, 0.05) is 12.8 Å². The fraction of sp³-hybridized carbons (Fsp3) is 0.857. The van der Waals surface area contributed by atoms with Gasteiger partial charge in [0.2, 0.25) is 0 Å². The predicted octanol–water partition coefficient (Wildman–Crippen LogP) is 7.67.